The highest BCUT2D eigenvalue weighted by molar-refractivity contribution is 6.24. The lowest BCUT2D eigenvalue weighted by Crippen LogP contribution is -2.57. The van der Waals surface area contributed by atoms with Crippen molar-refractivity contribution in [2.24, 2.45) is 11.8 Å². The Morgan fingerprint density at radius 1 is 1.00 bits per heavy atom. The zero-order chi connectivity index (χ0) is 27.0. The van der Waals surface area contributed by atoms with Crippen molar-refractivity contribution in [2.45, 2.75) is 38.3 Å². The number of amides is 2. The summed E-state index contributed by atoms with van der Waals surface area (Å²) in [6, 6.07) is 19.8. The number of phenols is 1. The highest BCUT2D eigenvalue weighted by Crippen LogP contribution is 2.51. The van der Waals surface area contributed by atoms with Gasteiger partial charge in [0, 0.05) is 12.5 Å². The Morgan fingerprint density at radius 3 is 2.32 bits per heavy atom. The number of hydrogen-bond acceptors (Lipinski definition) is 6. The molecule has 8 heteroatoms. The second-order valence-corrected chi connectivity index (χ2v) is 9.96. The first kappa shape index (κ1) is 25.5. The van der Waals surface area contributed by atoms with E-state index < -0.39 is 41.2 Å². The number of carboxylic acids is 1. The Hall–Kier alpha value is -4.17. The molecule has 2 fully saturated rings. The third kappa shape index (κ3) is 4.20. The molecule has 8 nitrogen and oxygen atoms in total. The molecule has 3 aromatic carbocycles. The van der Waals surface area contributed by atoms with Gasteiger partial charge in [0.2, 0.25) is 11.8 Å². The number of aliphatic carboxylic acids is 1. The number of aryl methyl sites for hydroxylation is 1. The Kier molecular flexibility index (Phi) is 6.67. The van der Waals surface area contributed by atoms with Crippen LogP contribution in [0.2, 0.25) is 0 Å². The molecule has 0 spiro atoms. The summed E-state index contributed by atoms with van der Waals surface area (Å²) in [6.45, 7) is 4.40. The van der Waals surface area contributed by atoms with Gasteiger partial charge in [-0.2, -0.15) is 0 Å². The third-order valence-electron chi connectivity index (χ3n) is 7.52. The van der Waals surface area contributed by atoms with Crippen LogP contribution in [0.25, 0.3) is 0 Å². The van der Waals surface area contributed by atoms with Crippen molar-refractivity contribution in [3.63, 3.8) is 0 Å². The van der Waals surface area contributed by atoms with Crippen molar-refractivity contribution in [3.05, 3.63) is 89.5 Å². The van der Waals surface area contributed by atoms with Crippen molar-refractivity contribution in [1.82, 2.24) is 5.32 Å². The van der Waals surface area contributed by atoms with Crippen LogP contribution in [0.4, 0.5) is 5.69 Å². The van der Waals surface area contributed by atoms with Crippen LogP contribution in [0.5, 0.6) is 11.5 Å². The molecule has 3 N–H and O–H groups in total. The molecule has 2 aliphatic heterocycles. The van der Waals surface area contributed by atoms with Crippen LogP contribution in [-0.4, -0.2) is 40.1 Å². The molecule has 0 saturated carbocycles. The fourth-order valence-corrected chi connectivity index (χ4v) is 5.70. The van der Waals surface area contributed by atoms with E-state index in [2.05, 4.69) is 5.32 Å². The highest BCUT2D eigenvalue weighted by atomic mass is 16.5. The van der Waals surface area contributed by atoms with Gasteiger partial charge in [-0.1, -0.05) is 49.4 Å². The van der Waals surface area contributed by atoms with Crippen LogP contribution in [-0.2, 0) is 20.8 Å². The van der Waals surface area contributed by atoms with E-state index in [0.29, 0.717) is 29.2 Å². The SMILES string of the molecule is CCCOc1ccc(C2NC(Cc3ccc(O)cc3)(C(=O)O)C3C(=O)N(c4ccccc4C)C(=O)C23)cc1. The van der Waals surface area contributed by atoms with Gasteiger partial charge in [-0.3, -0.25) is 19.7 Å². The summed E-state index contributed by atoms with van der Waals surface area (Å²) in [4.78, 5) is 42.2. The number of carbonyl (C=O) groups is 3. The summed E-state index contributed by atoms with van der Waals surface area (Å²) in [7, 11) is 0. The quantitative estimate of drug-likeness (QED) is 0.389. The maximum Gasteiger partial charge on any atom is 0.325 e. The number of para-hydroxylation sites is 1. The van der Waals surface area contributed by atoms with Gasteiger partial charge in [-0.05, 0) is 60.4 Å². The number of rotatable bonds is 8. The molecule has 2 heterocycles. The number of anilines is 1. The number of imide groups is 1. The zero-order valence-electron chi connectivity index (χ0n) is 21.3. The number of phenolic OH excluding ortho intramolecular Hbond substituents is 1. The van der Waals surface area contributed by atoms with Crippen molar-refractivity contribution >= 4 is 23.5 Å². The van der Waals surface area contributed by atoms with Gasteiger partial charge in [0.15, 0.2) is 0 Å². The fraction of sp³-hybridized carbons (Fsp3) is 0.300. The average molecular weight is 515 g/mol. The molecule has 0 radical (unpaired) electrons. The van der Waals surface area contributed by atoms with E-state index in [0.717, 1.165) is 16.9 Å². The van der Waals surface area contributed by atoms with E-state index in [1.54, 1.807) is 36.4 Å². The number of nitrogens with one attached hydrogen (secondary N) is 1. The van der Waals surface area contributed by atoms with Crippen LogP contribution in [0.1, 0.15) is 36.1 Å². The Balaban J connectivity index is 1.61. The summed E-state index contributed by atoms with van der Waals surface area (Å²) in [5.41, 5.74) is 0.785. The normalized spacial score (nSPS) is 24.5. The monoisotopic (exact) mass is 514 g/mol. The summed E-state index contributed by atoms with van der Waals surface area (Å²) in [5.74, 6) is -3.50. The van der Waals surface area contributed by atoms with Crippen LogP contribution in [0.3, 0.4) is 0 Å². The van der Waals surface area contributed by atoms with E-state index in [-0.39, 0.29) is 12.2 Å². The van der Waals surface area contributed by atoms with E-state index >= 15 is 0 Å². The predicted molar refractivity (Wildman–Crippen MR) is 141 cm³/mol. The summed E-state index contributed by atoms with van der Waals surface area (Å²) >= 11 is 0. The molecule has 0 aromatic heterocycles. The highest BCUT2D eigenvalue weighted by Gasteiger charge is 2.68. The lowest BCUT2D eigenvalue weighted by molar-refractivity contribution is -0.148. The molecule has 0 bridgehead atoms. The number of ether oxygens (including phenoxy) is 1. The minimum absolute atomic E-state index is 0.0430. The largest absolute Gasteiger partial charge is 0.508 e. The Labute approximate surface area is 220 Å². The number of carboxylic acid groups (broad SMARTS) is 1. The Bertz CT molecular complexity index is 1370. The van der Waals surface area contributed by atoms with Crippen LogP contribution >= 0.6 is 0 Å². The van der Waals surface area contributed by atoms with Gasteiger partial charge in [-0.25, -0.2) is 4.90 Å². The van der Waals surface area contributed by atoms with Crippen LogP contribution in [0.15, 0.2) is 72.8 Å². The lowest BCUT2D eigenvalue weighted by Gasteiger charge is -2.31. The molecule has 196 valence electrons. The van der Waals surface area contributed by atoms with Crippen molar-refractivity contribution in [1.29, 1.82) is 0 Å². The first-order valence-electron chi connectivity index (χ1n) is 12.7. The first-order chi connectivity index (χ1) is 18.3. The zero-order valence-corrected chi connectivity index (χ0v) is 21.3. The molecule has 2 amide bonds. The third-order valence-corrected chi connectivity index (χ3v) is 7.52. The van der Waals surface area contributed by atoms with Gasteiger partial charge < -0.3 is 14.9 Å². The van der Waals surface area contributed by atoms with Crippen molar-refractivity contribution in [2.75, 3.05) is 11.5 Å². The van der Waals surface area contributed by atoms with Gasteiger partial charge >= 0.3 is 5.97 Å². The van der Waals surface area contributed by atoms with Gasteiger partial charge in [0.05, 0.1) is 24.1 Å². The minimum atomic E-state index is -1.74. The standard InChI is InChI=1S/C30H30N2O6/c1-3-16-38-22-14-10-20(11-15-22)26-24-25(28(35)32(27(24)34)23-7-5-4-6-18(23)2)30(31-26,29(36)37)17-19-8-12-21(33)13-9-19/h4-15,24-26,31,33H,3,16-17H2,1-2H3,(H,36,37). The van der Waals surface area contributed by atoms with Crippen molar-refractivity contribution in [3.8, 4) is 11.5 Å². The summed E-state index contributed by atoms with van der Waals surface area (Å²) < 4.78 is 5.69. The number of hydrogen-bond donors (Lipinski definition) is 3. The second-order valence-electron chi connectivity index (χ2n) is 9.96. The Morgan fingerprint density at radius 2 is 1.68 bits per heavy atom. The first-order valence-corrected chi connectivity index (χ1v) is 12.7. The molecule has 0 aliphatic carbocycles. The van der Waals surface area contributed by atoms with Gasteiger partial charge in [0.25, 0.3) is 0 Å². The number of fused-ring (bicyclic) bond motifs is 1. The summed E-state index contributed by atoms with van der Waals surface area (Å²) in [6.07, 6.45) is 0.817. The number of carbonyl (C=O) groups excluding carboxylic acids is 2. The maximum absolute atomic E-state index is 14.0. The molecule has 2 saturated heterocycles. The average Bonchev–Trinajstić information content (AvgIpc) is 3.39. The molecule has 5 rings (SSSR count). The predicted octanol–water partition coefficient (Wildman–Crippen LogP) is 4.01. The number of aromatic hydroxyl groups is 1. The van der Waals surface area contributed by atoms with Gasteiger partial charge in [0.1, 0.15) is 17.0 Å². The minimum Gasteiger partial charge on any atom is -0.508 e. The van der Waals surface area contributed by atoms with Crippen LogP contribution in [0, 0.1) is 18.8 Å². The molecule has 3 aromatic rings. The number of nitrogens with zero attached hydrogens (tertiary/aromatic N) is 1. The van der Waals surface area contributed by atoms with E-state index in [9.17, 15) is 24.6 Å². The summed E-state index contributed by atoms with van der Waals surface area (Å²) in [5, 5.41) is 23.6. The van der Waals surface area contributed by atoms with E-state index in [1.165, 1.54) is 12.1 Å². The van der Waals surface area contributed by atoms with Gasteiger partial charge in [-0.15, -0.1) is 0 Å². The van der Waals surface area contributed by atoms with E-state index in [1.807, 2.05) is 38.1 Å². The van der Waals surface area contributed by atoms with E-state index in [4.69, 9.17) is 4.74 Å². The lowest BCUT2D eigenvalue weighted by atomic mass is 9.76. The molecule has 4 unspecified atom stereocenters. The smallest absolute Gasteiger partial charge is 0.325 e. The molecule has 2 aliphatic rings. The fourth-order valence-electron chi connectivity index (χ4n) is 5.70. The maximum atomic E-state index is 14.0. The van der Waals surface area contributed by atoms with Crippen molar-refractivity contribution < 1.29 is 29.3 Å². The molecular formula is C30H30N2O6. The molecule has 38 heavy (non-hydrogen) atoms. The van der Waals surface area contributed by atoms with Crippen LogP contribution < -0.4 is 15.0 Å². The molecular weight excluding hydrogens is 484 g/mol. The number of benzene rings is 3. The topological polar surface area (TPSA) is 116 Å². The molecule has 4 atom stereocenters. The second kappa shape index (κ2) is 9.95.